The highest BCUT2D eigenvalue weighted by molar-refractivity contribution is 5.40. The lowest BCUT2D eigenvalue weighted by molar-refractivity contribution is -0.0547. The summed E-state index contributed by atoms with van der Waals surface area (Å²) >= 11 is 0. The SMILES string of the molecule is CC(C)(c1ccccc1)N1CN=c2c(ncn2[C@@H]2O[C@H](CO)[C@@H](O)[C@H]2O)=C1N. The van der Waals surface area contributed by atoms with Crippen LogP contribution in [0.2, 0.25) is 0 Å². The number of aliphatic hydroxyl groups is 3. The van der Waals surface area contributed by atoms with Gasteiger partial charge in [0, 0.05) is 0 Å². The first-order valence-corrected chi connectivity index (χ1v) is 9.19. The number of hydrogen-bond donors (Lipinski definition) is 4. The number of aliphatic hydroxyl groups excluding tert-OH is 3. The third-order valence-electron chi connectivity index (χ3n) is 5.61. The molecular formula is C19H25N5O4. The molecule has 2 aromatic rings. The first-order valence-electron chi connectivity index (χ1n) is 9.19. The van der Waals surface area contributed by atoms with Crippen LogP contribution in [0, 0.1) is 0 Å². The van der Waals surface area contributed by atoms with E-state index < -0.39 is 36.7 Å². The summed E-state index contributed by atoms with van der Waals surface area (Å²) in [5, 5.41) is 30.1. The molecule has 4 atom stereocenters. The molecule has 0 unspecified atom stereocenters. The van der Waals surface area contributed by atoms with E-state index in [1.54, 1.807) is 4.57 Å². The third-order valence-corrected chi connectivity index (χ3v) is 5.61. The minimum absolute atomic E-state index is 0.307. The van der Waals surface area contributed by atoms with E-state index >= 15 is 0 Å². The van der Waals surface area contributed by atoms with Gasteiger partial charge in [-0.05, 0) is 19.4 Å². The fraction of sp³-hybridized carbons (Fsp3) is 0.474. The maximum atomic E-state index is 10.3. The van der Waals surface area contributed by atoms with Gasteiger partial charge < -0.3 is 30.7 Å². The Morgan fingerprint density at radius 1 is 1.21 bits per heavy atom. The molecule has 1 saturated heterocycles. The normalized spacial score (nSPS) is 27.6. The second kappa shape index (κ2) is 6.85. The number of hydrogen-bond acceptors (Lipinski definition) is 8. The summed E-state index contributed by atoms with van der Waals surface area (Å²) in [5.41, 5.74) is 7.63. The zero-order chi connectivity index (χ0) is 20.1. The van der Waals surface area contributed by atoms with E-state index in [4.69, 9.17) is 10.5 Å². The molecule has 0 bridgehead atoms. The zero-order valence-corrected chi connectivity index (χ0v) is 15.8. The van der Waals surface area contributed by atoms with Gasteiger partial charge in [-0.3, -0.25) is 4.57 Å². The van der Waals surface area contributed by atoms with Crippen molar-refractivity contribution in [2.75, 3.05) is 13.3 Å². The molecule has 0 aliphatic carbocycles. The number of aromatic nitrogens is 2. The van der Waals surface area contributed by atoms with Crippen LogP contribution in [-0.2, 0) is 10.3 Å². The molecule has 1 fully saturated rings. The van der Waals surface area contributed by atoms with Crippen molar-refractivity contribution in [1.82, 2.24) is 14.5 Å². The van der Waals surface area contributed by atoms with Gasteiger partial charge in [-0.25, -0.2) is 9.98 Å². The molecule has 1 aromatic heterocycles. The smallest absolute Gasteiger partial charge is 0.165 e. The molecule has 150 valence electrons. The monoisotopic (exact) mass is 387 g/mol. The van der Waals surface area contributed by atoms with Gasteiger partial charge in [-0.2, -0.15) is 0 Å². The van der Waals surface area contributed by atoms with E-state index in [1.165, 1.54) is 6.33 Å². The maximum Gasteiger partial charge on any atom is 0.165 e. The van der Waals surface area contributed by atoms with E-state index in [1.807, 2.05) is 35.2 Å². The van der Waals surface area contributed by atoms with Crippen LogP contribution in [0.25, 0.3) is 5.82 Å². The average molecular weight is 387 g/mol. The fourth-order valence-electron chi connectivity index (χ4n) is 3.81. The molecule has 1 aromatic carbocycles. The van der Waals surface area contributed by atoms with Crippen molar-refractivity contribution in [1.29, 1.82) is 0 Å². The van der Waals surface area contributed by atoms with Gasteiger partial charge in [0.15, 0.2) is 11.7 Å². The van der Waals surface area contributed by atoms with Gasteiger partial charge in [0.25, 0.3) is 0 Å². The Bertz CT molecular complexity index is 974. The van der Waals surface area contributed by atoms with Crippen molar-refractivity contribution < 1.29 is 20.1 Å². The number of fused-ring (bicyclic) bond motifs is 1. The van der Waals surface area contributed by atoms with Gasteiger partial charge in [-0.15, -0.1) is 0 Å². The predicted octanol–water partition coefficient (Wildman–Crippen LogP) is -1.65. The lowest BCUT2D eigenvalue weighted by atomic mass is 9.92. The lowest BCUT2D eigenvalue weighted by Gasteiger charge is -2.40. The minimum Gasteiger partial charge on any atom is -0.394 e. The van der Waals surface area contributed by atoms with Crippen molar-refractivity contribution in [3.05, 3.63) is 53.1 Å². The third kappa shape index (κ3) is 2.78. The number of nitrogens with two attached hydrogens (primary N) is 1. The fourth-order valence-corrected chi connectivity index (χ4v) is 3.81. The van der Waals surface area contributed by atoms with Crippen LogP contribution in [0.5, 0.6) is 0 Å². The molecule has 5 N–H and O–H groups in total. The molecule has 0 spiro atoms. The maximum absolute atomic E-state index is 10.3. The summed E-state index contributed by atoms with van der Waals surface area (Å²) in [5.74, 6) is 0.476. The van der Waals surface area contributed by atoms with Crippen LogP contribution in [0.1, 0.15) is 25.6 Å². The summed E-state index contributed by atoms with van der Waals surface area (Å²) in [6.07, 6.45) is -2.66. The number of benzene rings is 1. The van der Waals surface area contributed by atoms with Crippen molar-refractivity contribution in [2.24, 2.45) is 10.7 Å². The Morgan fingerprint density at radius 2 is 1.93 bits per heavy atom. The van der Waals surface area contributed by atoms with E-state index in [9.17, 15) is 15.3 Å². The number of rotatable bonds is 4. The van der Waals surface area contributed by atoms with Crippen molar-refractivity contribution >= 4 is 5.82 Å². The van der Waals surface area contributed by atoms with Crippen LogP contribution in [0.15, 0.2) is 41.7 Å². The summed E-state index contributed by atoms with van der Waals surface area (Å²) in [4.78, 5) is 11.0. The molecule has 2 aliphatic rings. The zero-order valence-electron chi connectivity index (χ0n) is 15.8. The Hall–Kier alpha value is -2.46. The molecule has 9 nitrogen and oxygen atoms in total. The summed E-state index contributed by atoms with van der Waals surface area (Å²) in [7, 11) is 0. The second-order valence-corrected chi connectivity index (χ2v) is 7.59. The molecule has 0 saturated carbocycles. The molecule has 4 rings (SSSR count). The molecule has 3 heterocycles. The molecule has 28 heavy (non-hydrogen) atoms. The van der Waals surface area contributed by atoms with E-state index in [0.29, 0.717) is 23.3 Å². The van der Waals surface area contributed by atoms with Crippen molar-refractivity contribution in [2.45, 2.75) is 43.9 Å². The Kier molecular flexibility index (Phi) is 4.62. The highest BCUT2D eigenvalue weighted by Crippen LogP contribution is 2.31. The Labute approximate surface area is 162 Å². The molecule has 0 amide bonds. The second-order valence-electron chi connectivity index (χ2n) is 7.59. The highest BCUT2D eigenvalue weighted by Gasteiger charge is 2.44. The van der Waals surface area contributed by atoms with Gasteiger partial charge in [0.05, 0.1) is 18.5 Å². The van der Waals surface area contributed by atoms with Crippen LogP contribution in [0.3, 0.4) is 0 Å². The highest BCUT2D eigenvalue weighted by atomic mass is 16.6. The van der Waals surface area contributed by atoms with E-state index in [2.05, 4.69) is 23.8 Å². The van der Waals surface area contributed by atoms with Crippen LogP contribution >= 0.6 is 0 Å². The largest absolute Gasteiger partial charge is 0.394 e. The standard InChI is InChI=1S/C19H25N5O4/c1-19(2,11-6-4-3-5-7-11)24-10-22-17-13(16(24)20)21-9-23(17)18-15(27)14(26)12(8-25)28-18/h3-7,9,12,14-15,18,25-27H,8,10,20H2,1-2H3/t12-,14-,15-,18-/m1/s1. The minimum atomic E-state index is -1.20. The number of imidazole rings is 1. The van der Waals surface area contributed by atoms with Gasteiger partial charge in [0.1, 0.15) is 36.2 Å². The predicted molar refractivity (Wildman–Crippen MR) is 99.8 cm³/mol. The van der Waals surface area contributed by atoms with Crippen molar-refractivity contribution in [3.8, 4) is 0 Å². The lowest BCUT2D eigenvalue weighted by Crippen LogP contribution is -2.52. The summed E-state index contributed by atoms with van der Waals surface area (Å²) in [6.45, 7) is 4.05. The van der Waals surface area contributed by atoms with Crippen molar-refractivity contribution in [3.63, 3.8) is 0 Å². The van der Waals surface area contributed by atoms with E-state index in [0.717, 1.165) is 5.56 Å². The molecular weight excluding hydrogens is 362 g/mol. The Balaban J connectivity index is 1.73. The van der Waals surface area contributed by atoms with Crippen LogP contribution in [-0.4, -0.2) is 61.4 Å². The van der Waals surface area contributed by atoms with Crippen LogP contribution in [0.4, 0.5) is 0 Å². The quantitative estimate of drug-likeness (QED) is 0.494. The van der Waals surface area contributed by atoms with Gasteiger partial charge >= 0.3 is 0 Å². The number of nitrogens with zero attached hydrogens (tertiary/aromatic N) is 4. The Morgan fingerprint density at radius 3 is 2.57 bits per heavy atom. The van der Waals surface area contributed by atoms with Gasteiger partial charge in [-0.1, -0.05) is 30.3 Å². The van der Waals surface area contributed by atoms with E-state index in [-0.39, 0.29) is 0 Å². The van der Waals surface area contributed by atoms with Crippen LogP contribution < -0.4 is 16.6 Å². The number of ether oxygens (including phenoxy) is 1. The average Bonchev–Trinajstić information content (AvgIpc) is 3.24. The molecule has 9 heteroatoms. The summed E-state index contributed by atoms with van der Waals surface area (Å²) < 4.78 is 7.15. The molecule has 0 radical (unpaired) electrons. The first-order chi connectivity index (χ1) is 13.4. The summed E-state index contributed by atoms with van der Waals surface area (Å²) in [6, 6.07) is 10.0. The first kappa shape index (κ1) is 18.9. The topological polar surface area (TPSA) is 129 Å². The molecule has 2 aliphatic heterocycles. The van der Waals surface area contributed by atoms with Gasteiger partial charge in [0.2, 0.25) is 0 Å².